The molecule has 0 spiro atoms. The largest absolute Gasteiger partial charge is 0.340 e. The van der Waals surface area contributed by atoms with Crippen molar-refractivity contribution in [2.24, 2.45) is 11.5 Å². The van der Waals surface area contributed by atoms with Crippen LogP contribution in [0.1, 0.15) is 63.3 Å². The van der Waals surface area contributed by atoms with Crippen LogP contribution in [0.4, 0.5) is 0 Å². The zero-order chi connectivity index (χ0) is 33.7. The summed E-state index contributed by atoms with van der Waals surface area (Å²) in [6, 6.07) is 19.1. The van der Waals surface area contributed by atoms with Crippen molar-refractivity contribution in [2.45, 2.75) is 82.8 Å². The third-order valence-corrected chi connectivity index (χ3v) is 13.0. The lowest BCUT2D eigenvalue weighted by atomic mass is 9.99. The molecule has 2 fully saturated rings. The first kappa shape index (κ1) is 32.2. The predicted octanol–water partition coefficient (Wildman–Crippen LogP) is 6.04. The van der Waals surface area contributed by atoms with Crippen molar-refractivity contribution in [3.05, 3.63) is 72.4 Å². The van der Waals surface area contributed by atoms with Gasteiger partial charge in [-0.05, 0) is 65.9 Å². The fourth-order valence-electron chi connectivity index (χ4n) is 7.50. The van der Waals surface area contributed by atoms with E-state index in [-0.39, 0.29) is 23.9 Å². The van der Waals surface area contributed by atoms with Crippen LogP contribution in [0.15, 0.2) is 60.8 Å². The Morgan fingerprint density at radius 3 is 2.29 bits per heavy atom. The maximum Gasteiger partial charge on any atom is 0.240 e. The summed E-state index contributed by atoms with van der Waals surface area (Å²) in [5.74, 6) is 1.69. The number of nitrogens with one attached hydrogen (secondary N) is 2. The van der Waals surface area contributed by atoms with Gasteiger partial charge in [0.15, 0.2) is 0 Å². The van der Waals surface area contributed by atoms with Crippen LogP contribution in [0.5, 0.6) is 0 Å². The number of rotatable bonds is 8. The number of benzene rings is 3. The van der Waals surface area contributed by atoms with Crippen LogP contribution in [0.3, 0.4) is 0 Å². The summed E-state index contributed by atoms with van der Waals surface area (Å²) in [6.07, 6.45) is 5.76. The van der Waals surface area contributed by atoms with Gasteiger partial charge in [0.05, 0.1) is 55.2 Å². The number of aromatic amines is 2. The highest BCUT2D eigenvalue weighted by atomic mass is 28.3. The van der Waals surface area contributed by atoms with Gasteiger partial charge < -0.3 is 31.2 Å². The molecule has 0 saturated carbocycles. The number of hydrogen-bond acceptors (Lipinski definition) is 6. The molecule has 2 aliphatic rings. The molecule has 10 nitrogen and oxygen atoms in total. The van der Waals surface area contributed by atoms with E-state index in [1.54, 1.807) is 0 Å². The Morgan fingerprint density at radius 2 is 1.56 bits per heavy atom. The van der Waals surface area contributed by atoms with Crippen LogP contribution in [0.25, 0.3) is 44.2 Å². The fraction of sp³-hybridized carbons (Fsp3) is 0.405. The monoisotopic (exact) mass is 662 g/mol. The molecular weight excluding hydrogens is 617 g/mol. The second-order valence-electron chi connectivity index (χ2n) is 14.3. The average molecular weight is 663 g/mol. The van der Waals surface area contributed by atoms with Gasteiger partial charge in [-0.2, -0.15) is 0 Å². The number of hydrogen-bond donors (Lipinski definition) is 4. The van der Waals surface area contributed by atoms with Gasteiger partial charge in [-0.25, -0.2) is 9.97 Å². The van der Waals surface area contributed by atoms with Crippen LogP contribution in [0.2, 0.25) is 19.1 Å². The van der Waals surface area contributed by atoms with E-state index in [1.165, 1.54) is 0 Å². The van der Waals surface area contributed by atoms with E-state index >= 15 is 0 Å². The van der Waals surface area contributed by atoms with E-state index in [2.05, 4.69) is 77.7 Å². The SMILES string of the molecule is CC[C@H](N)C(=O)N1C[Si](C)(C)C[C@H]1c1ncc(-c2ccc(-c3ccc4c(ccc5nc([C@@H]6CCCN6C(=O)[C@@H](N)CC)[nH]c54)c3)cc2)[nH]1. The van der Waals surface area contributed by atoms with E-state index in [4.69, 9.17) is 21.4 Å². The van der Waals surface area contributed by atoms with E-state index < -0.39 is 20.2 Å². The highest BCUT2D eigenvalue weighted by Crippen LogP contribution is 2.38. The number of aromatic nitrogens is 4. The first-order chi connectivity index (χ1) is 23.1. The van der Waals surface area contributed by atoms with Crippen molar-refractivity contribution in [1.82, 2.24) is 29.7 Å². The van der Waals surface area contributed by atoms with Crippen LogP contribution in [-0.2, 0) is 9.59 Å². The smallest absolute Gasteiger partial charge is 0.240 e. The number of imidazole rings is 2. The molecule has 0 aliphatic carbocycles. The summed E-state index contributed by atoms with van der Waals surface area (Å²) in [7, 11) is -1.57. The molecule has 2 aromatic heterocycles. The summed E-state index contributed by atoms with van der Waals surface area (Å²) in [6.45, 7) is 9.27. The second-order valence-corrected chi connectivity index (χ2v) is 19.4. The molecule has 11 heteroatoms. The third kappa shape index (κ3) is 5.84. The quantitative estimate of drug-likeness (QED) is 0.149. The Balaban J connectivity index is 1.11. The van der Waals surface area contributed by atoms with Gasteiger partial charge in [0, 0.05) is 18.1 Å². The Labute approximate surface area is 282 Å². The maximum atomic E-state index is 13.1. The molecule has 4 atom stereocenters. The Kier molecular flexibility index (Phi) is 8.47. The molecule has 2 saturated heterocycles. The van der Waals surface area contributed by atoms with E-state index in [9.17, 15) is 9.59 Å². The van der Waals surface area contributed by atoms with Crippen molar-refractivity contribution < 1.29 is 9.59 Å². The number of fused-ring (bicyclic) bond motifs is 3. The summed E-state index contributed by atoms with van der Waals surface area (Å²) < 4.78 is 0. The van der Waals surface area contributed by atoms with Crippen molar-refractivity contribution in [3.8, 4) is 22.4 Å². The van der Waals surface area contributed by atoms with Gasteiger partial charge in [0.25, 0.3) is 0 Å². The molecule has 48 heavy (non-hydrogen) atoms. The Bertz CT molecular complexity index is 1980. The Morgan fingerprint density at radius 1 is 0.875 bits per heavy atom. The van der Waals surface area contributed by atoms with E-state index in [0.29, 0.717) is 19.4 Å². The normalized spacial score (nSPS) is 20.5. The molecule has 2 amide bonds. The first-order valence-corrected chi connectivity index (χ1v) is 20.7. The van der Waals surface area contributed by atoms with Gasteiger partial charge in [0.1, 0.15) is 11.6 Å². The van der Waals surface area contributed by atoms with E-state index in [1.807, 2.05) is 29.8 Å². The Hall–Kier alpha value is -4.32. The first-order valence-electron chi connectivity index (χ1n) is 17.3. The number of carbonyl (C=O) groups is 2. The molecule has 0 bridgehead atoms. The summed E-state index contributed by atoms with van der Waals surface area (Å²) in [5, 5.41) is 2.22. The molecule has 5 aromatic rings. The lowest BCUT2D eigenvalue weighted by Gasteiger charge is -2.26. The molecule has 7 rings (SSSR count). The summed E-state index contributed by atoms with van der Waals surface area (Å²) in [5.41, 5.74) is 18.4. The number of nitrogens with zero attached hydrogens (tertiary/aromatic N) is 4. The van der Waals surface area contributed by atoms with Gasteiger partial charge in [-0.15, -0.1) is 0 Å². The van der Waals surface area contributed by atoms with Crippen molar-refractivity contribution in [3.63, 3.8) is 0 Å². The van der Waals surface area contributed by atoms with Gasteiger partial charge in [-0.1, -0.05) is 69.4 Å². The minimum Gasteiger partial charge on any atom is -0.340 e. The maximum absolute atomic E-state index is 13.1. The van der Waals surface area contributed by atoms with E-state index in [0.717, 1.165) is 80.9 Å². The van der Waals surface area contributed by atoms with Gasteiger partial charge in [-0.3, -0.25) is 9.59 Å². The third-order valence-electron chi connectivity index (χ3n) is 10.3. The zero-order valence-electron chi connectivity index (χ0n) is 28.3. The molecule has 2 aliphatic heterocycles. The predicted molar refractivity (Wildman–Crippen MR) is 194 cm³/mol. The minimum atomic E-state index is -1.57. The van der Waals surface area contributed by atoms with Gasteiger partial charge >= 0.3 is 0 Å². The lowest BCUT2D eigenvalue weighted by molar-refractivity contribution is -0.134. The minimum absolute atomic E-state index is 0.00374. The fourth-order valence-corrected chi connectivity index (χ4v) is 10.4. The topological polar surface area (TPSA) is 150 Å². The standard InChI is InChI=1S/C37H46N8O2Si/c1-5-27(38)36(46)44-17-7-8-31(44)35-41-29-16-14-25-18-24(13-15-26(25)33(29)43-35)22-9-11-23(12-10-22)30-19-40-34(42-30)32-20-48(3,4)21-45(32)37(47)28(39)6-2/h9-16,18-19,27-28,31-32H,5-8,17,20-21,38-39H2,1-4H3,(H,40,42)(H,41,43)/t27-,28-,31-,32-/m0/s1. The summed E-state index contributed by atoms with van der Waals surface area (Å²) in [4.78, 5) is 46.7. The van der Waals surface area contributed by atoms with Crippen molar-refractivity contribution in [1.29, 1.82) is 0 Å². The number of amides is 2. The lowest BCUT2D eigenvalue weighted by Crippen LogP contribution is -2.45. The molecule has 250 valence electrons. The molecule has 4 heterocycles. The number of likely N-dealkylation sites (tertiary alicyclic amines) is 1. The van der Waals surface area contributed by atoms with Gasteiger partial charge in [0.2, 0.25) is 11.8 Å². The average Bonchev–Trinajstić information content (AvgIpc) is 3.91. The molecule has 6 N–H and O–H groups in total. The molecular formula is C37H46N8O2Si. The zero-order valence-corrected chi connectivity index (χ0v) is 29.3. The number of carbonyl (C=O) groups excluding carboxylic acids is 2. The van der Waals surface area contributed by atoms with Crippen LogP contribution < -0.4 is 11.5 Å². The van der Waals surface area contributed by atoms with Crippen LogP contribution in [0, 0.1) is 0 Å². The molecule has 3 aromatic carbocycles. The second kappa shape index (κ2) is 12.6. The molecule has 0 unspecified atom stereocenters. The highest BCUT2D eigenvalue weighted by Gasteiger charge is 2.44. The van der Waals surface area contributed by atoms with Crippen molar-refractivity contribution >= 4 is 41.7 Å². The highest BCUT2D eigenvalue weighted by molar-refractivity contribution is 6.78. The van der Waals surface area contributed by atoms with Crippen LogP contribution in [-0.4, -0.2) is 74.4 Å². The number of H-pyrrole nitrogens is 2. The van der Waals surface area contributed by atoms with Crippen LogP contribution >= 0.6 is 0 Å². The summed E-state index contributed by atoms with van der Waals surface area (Å²) >= 11 is 0. The van der Waals surface area contributed by atoms with Crippen molar-refractivity contribution in [2.75, 3.05) is 12.7 Å². The number of nitrogens with two attached hydrogens (primary N) is 2. The molecule has 0 radical (unpaired) electrons.